The van der Waals surface area contributed by atoms with E-state index in [0.29, 0.717) is 5.75 Å². The number of pyridine rings is 1. The number of aromatic hydroxyl groups is 1. The van der Waals surface area contributed by atoms with Gasteiger partial charge in [-0.05, 0) is 48.5 Å². The van der Waals surface area contributed by atoms with E-state index in [0.717, 1.165) is 0 Å². The van der Waals surface area contributed by atoms with Gasteiger partial charge in [-0.3, -0.25) is 4.79 Å². The fraction of sp³-hybridized carbons (Fsp3) is 0.0500. The van der Waals surface area contributed by atoms with Crippen molar-refractivity contribution in [2.75, 3.05) is 12.4 Å². The molecule has 3 rings (SSSR count). The number of hydrogen-bond donors (Lipinski definition) is 2. The number of esters is 1. The summed E-state index contributed by atoms with van der Waals surface area (Å²) in [4.78, 5) is 27.8. The number of rotatable bonds is 5. The summed E-state index contributed by atoms with van der Waals surface area (Å²) in [7, 11) is 1.26. The van der Waals surface area contributed by atoms with Crippen molar-refractivity contribution in [2.45, 2.75) is 0 Å². The molecule has 0 atom stereocenters. The molecule has 2 aromatic carbocycles. The Morgan fingerprint density at radius 1 is 1.00 bits per heavy atom. The van der Waals surface area contributed by atoms with Gasteiger partial charge in [-0.15, -0.1) is 0 Å². The maximum absolute atomic E-state index is 13.0. The Labute approximate surface area is 159 Å². The first-order valence-corrected chi connectivity index (χ1v) is 8.08. The smallest absolute Gasteiger partial charge is 0.339 e. The van der Waals surface area contributed by atoms with Crippen LogP contribution in [0.2, 0.25) is 0 Å². The molecular formula is C20H15FN2O5. The summed E-state index contributed by atoms with van der Waals surface area (Å²) in [6, 6.07) is 12.2. The topological polar surface area (TPSA) is 97.8 Å². The van der Waals surface area contributed by atoms with Gasteiger partial charge in [0.05, 0.1) is 12.7 Å². The maximum atomic E-state index is 13.0. The third kappa shape index (κ3) is 4.61. The average molecular weight is 382 g/mol. The third-order valence-corrected chi connectivity index (χ3v) is 3.63. The standard InChI is InChI=1S/C20H15FN2O5/c1-27-20(26)12-2-7-18(22-11-12)23-19(25)13-8-15(24)10-17(9-13)28-16-5-3-14(21)4-6-16/h2-11,24H,1H3,(H,22,23,25). The molecule has 142 valence electrons. The lowest BCUT2D eigenvalue weighted by atomic mass is 10.2. The fourth-order valence-electron chi connectivity index (χ4n) is 2.31. The molecule has 1 heterocycles. The Hall–Kier alpha value is -3.94. The molecule has 0 radical (unpaired) electrons. The number of anilines is 1. The minimum atomic E-state index is -0.543. The number of ether oxygens (including phenoxy) is 2. The van der Waals surface area contributed by atoms with E-state index in [1.807, 2.05) is 0 Å². The Bertz CT molecular complexity index is 1000. The Balaban J connectivity index is 1.75. The summed E-state index contributed by atoms with van der Waals surface area (Å²) < 4.78 is 23.1. The molecule has 1 amide bonds. The minimum Gasteiger partial charge on any atom is -0.508 e. The number of amides is 1. The molecule has 0 aliphatic carbocycles. The maximum Gasteiger partial charge on any atom is 0.339 e. The van der Waals surface area contributed by atoms with Crippen molar-refractivity contribution < 1.29 is 28.6 Å². The lowest BCUT2D eigenvalue weighted by Gasteiger charge is -2.09. The Kier molecular flexibility index (Phi) is 5.50. The Morgan fingerprint density at radius 2 is 1.75 bits per heavy atom. The van der Waals surface area contributed by atoms with Crippen molar-refractivity contribution in [3.05, 3.63) is 77.7 Å². The highest BCUT2D eigenvalue weighted by Crippen LogP contribution is 2.27. The number of nitrogens with one attached hydrogen (secondary N) is 1. The van der Waals surface area contributed by atoms with Crippen molar-refractivity contribution in [3.8, 4) is 17.2 Å². The number of hydrogen-bond acceptors (Lipinski definition) is 6. The number of phenols is 1. The van der Waals surface area contributed by atoms with Gasteiger partial charge < -0.3 is 19.9 Å². The van der Waals surface area contributed by atoms with Crippen LogP contribution in [0.3, 0.4) is 0 Å². The summed E-state index contributed by atoms with van der Waals surface area (Å²) in [6.07, 6.45) is 1.27. The van der Waals surface area contributed by atoms with Crippen molar-refractivity contribution in [2.24, 2.45) is 0 Å². The van der Waals surface area contributed by atoms with E-state index < -0.39 is 17.7 Å². The molecule has 1 aromatic heterocycles. The predicted molar refractivity (Wildman–Crippen MR) is 98.1 cm³/mol. The van der Waals surface area contributed by atoms with Gasteiger partial charge in [0.2, 0.25) is 0 Å². The molecule has 0 aliphatic heterocycles. The van der Waals surface area contributed by atoms with E-state index in [1.54, 1.807) is 0 Å². The van der Waals surface area contributed by atoms with E-state index in [-0.39, 0.29) is 28.4 Å². The summed E-state index contributed by atoms with van der Waals surface area (Å²) in [5.41, 5.74) is 0.365. The fourth-order valence-corrected chi connectivity index (χ4v) is 2.31. The summed E-state index contributed by atoms with van der Waals surface area (Å²) in [5, 5.41) is 12.4. The zero-order valence-corrected chi connectivity index (χ0v) is 14.7. The molecule has 2 N–H and O–H groups in total. The normalized spacial score (nSPS) is 10.2. The van der Waals surface area contributed by atoms with Crippen LogP contribution in [0.1, 0.15) is 20.7 Å². The largest absolute Gasteiger partial charge is 0.508 e. The highest BCUT2D eigenvalue weighted by molar-refractivity contribution is 6.04. The molecule has 3 aromatic rings. The molecule has 0 unspecified atom stereocenters. The van der Waals surface area contributed by atoms with Gasteiger partial charge >= 0.3 is 5.97 Å². The number of carbonyl (C=O) groups excluding carboxylic acids is 2. The van der Waals surface area contributed by atoms with Gasteiger partial charge in [0.1, 0.15) is 28.9 Å². The van der Waals surface area contributed by atoms with Gasteiger partial charge in [0.25, 0.3) is 5.91 Å². The molecule has 8 heteroatoms. The Morgan fingerprint density at radius 3 is 2.39 bits per heavy atom. The first-order chi connectivity index (χ1) is 13.4. The predicted octanol–water partition coefficient (Wildman–Crippen LogP) is 3.76. The molecule has 0 saturated heterocycles. The van der Waals surface area contributed by atoms with E-state index in [9.17, 15) is 19.1 Å². The summed E-state index contributed by atoms with van der Waals surface area (Å²) in [6.45, 7) is 0. The SMILES string of the molecule is COC(=O)c1ccc(NC(=O)c2cc(O)cc(Oc3ccc(F)cc3)c2)nc1. The molecular weight excluding hydrogens is 367 g/mol. The zero-order valence-electron chi connectivity index (χ0n) is 14.7. The number of nitrogens with zero attached hydrogens (tertiary/aromatic N) is 1. The number of aromatic nitrogens is 1. The number of halogens is 1. The zero-order chi connectivity index (χ0) is 20.1. The van der Waals surface area contributed by atoms with E-state index in [2.05, 4.69) is 15.0 Å². The van der Waals surface area contributed by atoms with Gasteiger partial charge in [0.15, 0.2) is 0 Å². The van der Waals surface area contributed by atoms with E-state index in [4.69, 9.17) is 4.74 Å². The van der Waals surface area contributed by atoms with Gasteiger partial charge in [0, 0.05) is 17.8 Å². The quantitative estimate of drug-likeness (QED) is 0.652. The van der Waals surface area contributed by atoms with Crippen LogP contribution in [0.15, 0.2) is 60.8 Å². The van der Waals surface area contributed by atoms with Crippen LogP contribution in [-0.4, -0.2) is 29.1 Å². The molecule has 0 fully saturated rings. The number of carbonyl (C=O) groups is 2. The molecule has 0 bridgehead atoms. The number of benzene rings is 2. The summed E-state index contributed by atoms with van der Waals surface area (Å²) >= 11 is 0. The molecule has 7 nitrogen and oxygen atoms in total. The monoisotopic (exact) mass is 382 g/mol. The first kappa shape index (κ1) is 18.8. The van der Waals surface area contributed by atoms with Crippen LogP contribution in [0.25, 0.3) is 0 Å². The second-order valence-corrected chi connectivity index (χ2v) is 5.65. The van der Waals surface area contributed by atoms with E-state index >= 15 is 0 Å². The van der Waals surface area contributed by atoms with Gasteiger partial charge in [-0.25, -0.2) is 14.2 Å². The van der Waals surface area contributed by atoms with E-state index in [1.165, 1.54) is 67.9 Å². The molecule has 0 saturated carbocycles. The minimum absolute atomic E-state index is 0.121. The number of methoxy groups -OCH3 is 1. The highest BCUT2D eigenvalue weighted by Gasteiger charge is 2.12. The van der Waals surface area contributed by atoms with Crippen LogP contribution in [-0.2, 0) is 4.74 Å². The first-order valence-electron chi connectivity index (χ1n) is 8.08. The second kappa shape index (κ2) is 8.17. The van der Waals surface area contributed by atoms with Crippen molar-refractivity contribution in [3.63, 3.8) is 0 Å². The molecule has 0 aliphatic rings. The lowest BCUT2D eigenvalue weighted by molar-refractivity contribution is 0.0600. The van der Waals surface area contributed by atoms with Gasteiger partial charge in [-0.2, -0.15) is 0 Å². The van der Waals surface area contributed by atoms with Crippen LogP contribution in [0, 0.1) is 5.82 Å². The number of phenolic OH excluding ortho intramolecular Hbond substituents is 1. The van der Waals surface area contributed by atoms with Crippen molar-refractivity contribution in [1.82, 2.24) is 4.98 Å². The molecule has 28 heavy (non-hydrogen) atoms. The van der Waals surface area contributed by atoms with Crippen LogP contribution in [0.4, 0.5) is 10.2 Å². The van der Waals surface area contributed by atoms with Crippen molar-refractivity contribution in [1.29, 1.82) is 0 Å². The highest BCUT2D eigenvalue weighted by atomic mass is 19.1. The molecule has 0 spiro atoms. The van der Waals surface area contributed by atoms with Crippen LogP contribution >= 0.6 is 0 Å². The third-order valence-electron chi connectivity index (χ3n) is 3.63. The average Bonchev–Trinajstić information content (AvgIpc) is 2.69. The van der Waals surface area contributed by atoms with Crippen molar-refractivity contribution >= 4 is 17.7 Å². The second-order valence-electron chi connectivity index (χ2n) is 5.65. The van der Waals surface area contributed by atoms with Gasteiger partial charge in [-0.1, -0.05) is 0 Å². The van der Waals surface area contributed by atoms with Crippen LogP contribution < -0.4 is 10.1 Å². The lowest BCUT2D eigenvalue weighted by Crippen LogP contribution is -2.13. The van der Waals surface area contributed by atoms with Crippen LogP contribution in [0.5, 0.6) is 17.2 Å². The summed E-state index contributed by atoms with van der Waals surface area (Å²) in [5.74, 6) is -0.918.